The molecule has 0 saturated carbocycles. The summed E-state index contributed by atoms with van der Waals surface area (Å²) < 4.78 is 15.5. The molecule has 11 nitrogen and oxygen atoms in total. The summed E-state index contributed by atoms with van der Waals surface area (Å²) in [6, 6.07) is 3.03. The number of pyridine rings is 1. The molecular formula is C17H18ClN5O6. The minimum Gasteiger partial charge on any atom is -0.435 e. The predicted molar refractivity (Wildman–Crippen MR) is 101 cm³/mol. The average Bonchev–Trinajstić information content (AvgIpc) is 2.70. The van der Waals surface area contributed by atoms with E-state index in [1.165, 1.54) is 24.7 Å². The maximum Gasteiger partial charge on any atom is 0.508 e. The first-order valence-electron chi connectivity index (χ1n) is 8.85. The maximum absolute atomic E-state index is 11.7. The Morgan fingerprint density at radius 2 is 2.07 bits per heavy atom. The Hall–Kier alpha value is -3.21. The van der Waals surface area contributed by atoms with Crippen molar-refractivity contribution in [1.29, 1.82) is 0 Å². The molecule has 3 heterocycles. The smallest absolute Gasteiger partial charge is 0.435 e. The molecule has 1 aliphatic rings. The van der Waals surface area contributed by atoms with Gasteiger partial charge in [0.2, 0.25) is 5.82 Å². The molecule has 0 amide bonds. The highest BCUT2D eigenvalue weighted by Gasteiger charge is 2.32. The number of nitro groups is 1. The lowest BCUT2D eigenvalue weighted by Crippen LogP contribution is -2.38. The van der Waals surface area contributed by atoms with E-state index in [1.807, 2.05) is 0 Å². The third-order valence-electron chi connectivity index (χ3n) is 4.13. The Bertz CT molecular complexity index is 873. The molecule has 1 fully saturated rings. The molecule has 1 aliphatic heterocycles. The Balaban J connectivity index is 1.75. The van der Waals surface area contributed by atoms with Crippen molar-refractivity contribution in [2.24, 2.45) is 0 Å². The van der Waals surface area contributed by atoms with Crippen LogP contribution in [0.15, 0.2) is 24.7 Å². The van der Waals surface area contributed by atoms with Crippen molar-refractivity contribution in [2.45, 2.75) is 25.9 Å². The quantitative estimate of drug-likeness (QED) is 0.295. The van der Waals surface area contributed by atoms with Crippen molar-refractivity contribution in [3.05, 3.63) is 39.9 Å². The van der Waals surface area contributed by atoms with E-state index in [0.29, 0.717) is 25.9 Å². The fourth-order valence-corrected chi connectivity index (χ4v) is 2.94. The van der Waals surface area contributed by atoms with Gasteiger partial charge in [-0.05, 0) is 19.1 Å². The van der Waals surface area contributed by atoms with Crippen LogP contribution in [0.25, 0.3) is 0 Å². The van der Waals surface area contributed by atoms with E-state index < -0.39 is 11.1 Å². The van der Waals surface area contributed by atoms with Gasteiger partial charge in [-0.1, -0.05) is 11.6 Å². The molecule has 0 aliphatic carbocycles. The number of ether oxygens (including phenoxy) is 3. The van der Waals surface area contributed by atoms with Gasteiger partial charge in [-0.3, -0.25) is 10.1 Å². The number of nitrogens with zero attached hydrogens (tertiary/aromatic N) is 5. The zero-order chi connectivity index (χ0) is 20.8. The summed E-state index contributed by atoms with van der Waals surface area (Å²) in [6.45, 7) is 2.74. The Morgan fingerprint density at radius 3 is 2.69 bits per heavy atom. The van der Waals surface area contributed by atoms with E-state index in [0.717, 1.165) is 0 Å². The van der Waals surface area contributed by atoms with Gasteiger partial charge < -0.3 is 19.1 Å². The third-order valence-corrected chi connectivity index (χ3v) is 4.36. The van der Waals surface area contributed by atoms with Crippen LogP contribution in [0.4, 0.5) is 16.3 Å². The number of anilines is 1. The first-order chi connectivity index (χ1) is 14.0. The first kappa shape index (κ1) is 20.5. The highest BCUT2D eigenvalue weighted by atomic mass is 35.5. The van der Waals surface area contributed by atoms with Crippen molar-refractivity contribution in [1.82, 2.24) is 15.0 Å². The van der Waals surface area contributed by atoms with Crippen LogP contribution in [-0.4, -0.2) is 51.8 Å². The number of halogens is 1. The molecule has 0 aromatic carbocycles. The van der Waals surface area contributed by atoms with Crippen LogP contribution in [0.2, 0.25) is 5.15 Å². The third kappa shape index (κ3) is 5.19. The van der Waals surface area contributed by atoms with Crippen LogP contribution < -0.4 is 9.64 Å². The topological polar surface area (TPSA) is 130 Å². The Kier molecular flexibility index (Phi) is 6.60. The number of carbonyl (C=O) groups excluding carboxylic acids is 1. The lowest BCUT2D eigenvalue weighted by atomic mass is 10.1. The number of hydrogen-bond acceptors (Lipinski definition) is 10. The summed E-state index contributed by atoms with van der Waals surface area (Å²) in [6.07, 6.45) is 2.47. The number of hydrogen-bond donors (Lipinski definition) is 0. The Morgan fingerprint density at radius 1 is 1.31 bits per heavy atom. The van der Waals surface area contributed by atoms with Crippen LogP contribution in [-0.2, 0) is 9.47 Å². The van der Waals surface area contributed by atoms with E-state index in [4.69, 9.17) is 25.8 Å². The largest absolute Gasteiger partial charge is 0.508 e. The van der Waals surface area contributed by atoms with Gasteiger partial charge in [-0.15, -0.1) is 0 Å². The zero-order valence-electron chi connectivity index (χ0n) is 15.5. The van der Waals surface area contributed by atoms with E-state index in [2.05, 4.69) is 15.0 Å². The van der Waals surface area contributed by atoms with Crippen molar-refractivity contribution in [3.63, 3.8) is 0 Å². The van der Waals surface area contributed by atoms with Gasteiger partial charge in [0.25, 0.3) is 0 Å². The lowest BCUT2D eigenvalue weighted by molar-refractivity contribution is -0.385. The second kappa shape index (κ2) is 9.32. The number of rotatable bonds is 6. The molecule has 2 aromatic heterocycles. The molecule has 29 heavy (non-hydrogen) atoms. The minimum atomic E-state index is -0.716. The summed E-state index contributed by atoms with van der Waals surface area (Å²) in [7, 11) is 0. The first-order valence-corrected chi connectivity index (χ1v) is 9.23. The summed E-state index contributed by atoms with van der Waals surface area (Å²) >= 11 is 5.74. The lowest BCUT2D eigenvalue weighted by Gasteiger charge is -2.31. The van der Waals surface area contributed by atoms with Crippen molar-refractivity contribution in [2.75, 3.05) is 24.6 Å². The van der Waals surface area contributed by atoms with Gasteiger partial charge in [0.1, 0.15) is 23.3 Å². The van der Waals surface area contributed by atoms with Gasteiger partial charge >= 0.3 is 17.7 Å². The summed E-state index contributed by atoms with van der Waals surface area (Å²) in [5.74, 6) is 0.189. The fraction of sp³-hybridized carbons (Fsp3) is 0.412. The standard InChI is InChI=1S/C17H18ClN5O6/c1-2-27-17(24)29-11-5-7-22(8-6-11)15-14(23(25)26)16(21-10-20-15)28-12-3-4-13(18)19-9-12/h3-4,9-11H,2,5-8H2,1H3. The molecule has 12 heteroatoms. The zero-order valence-corrected chi connectivity index (χ0v) is 16.2. The second-order valence-corrected chi connectivity index (χ2v) is 6.40. The Labute approximate surface area is 170 Å². The van der Waals surface area contributed by atoms with Gasteiger partial charge in [-0.25, -0.2) is 14.8 Å². The van der Waals surface area contributed by atoms with E-state index in [9.17, 15) is 14.9 Å². The van der Waals surface area contributed by atoms with E-state index in [-0.39, 0.29) is 41.0 Å². The molecule has 0 N–H and O–H groups in total. The normalized spacial score (nSPS) is 14.3. The van der Waals surface area contributed by atoms with Gasteiger partial charge in [0.05, 0.1) is 17.7 Å². The van der Waals surface area contributed by atoms with Gasteiger partial charge in [-0.2, -0.15) is 4.98 Å². The molecule has 0 unspecified atom stereocenters. The number of piperidine rings is 1. The SMILES string of the molecule is CCOC(=O)OC1CCN(c2ncnc(Oc3ccc(Cl)nc3)c2[N+](=O)[O-])CC1. The maximum atomic E-state index is 11.7. The summed E-state index contributed by atoms with van der Waals surface area (Å²) in [5, 5.41) is 12.0. The molecule has 0 bridgehead atoms. The molecule has 2 aromatic rings. The van der Waals surface area contributed by atoms with Crippen molar-refractivity contribution in [3.8, 4) is 11.6 Å². The molecule has 0 atom stereocenters. The van der Waals surface area contributed by atoms with E-state index in [1.54, 1.807) is 11.8 Å². The molecule has 3 rings (SSSR count). The van der Waals surface area contributed by atoms with Crippen molar-refractivity contribution < 1.29 is 23.9 Å². The number of aromatic nitrogens is 3. The predicted octanol–water partition coefficient (Wildman–Crippen LogP) is 3.37. The summed E-state index contributed by atoms with van der Waals surface area (Å²) in [5.41, 5.74) is -0.354. The van der Waals surface area contributed by atoms with E-state index >= 15 is 0 Å². The highest BCUT2D eigenvalue weighted by molar-refractivity contribution is 6.29. The molecule has 154 valence electrons. The van der Waals surface area contributed by atoms with Crippen LogP contribution >= 0.6 is 11.6 Å². The van der Waals surface area contributed by atoms with Crippen LogP contribution in [0, 0.1) is 10.1 Å². The number of carbonyl (C=O) groups is 1. The highest BCUT2D eigenvalue weighted by Crippen LogP contribution is 2.37. The molecule has 1 saturated heterocycles. The van der Waals surface area contributed by atoms with Crippen LogP contribution in [0.1, 0.15) is 19.8 Å². The fourth-order valence-electron chi connectivity index (χ4n) is 2.83. The van der Waals surface area contributed by atoms with Crippen LogP contribution in [0.3, 0.4) is 0 Å². The second-order valence-electron chi connectivity index (χ2n) is 6.01. The monoisotopic (exact) mass is 423 g/mol. The average molecular weight is 424 g/mol. The molecule has 0 spiro atoms. The minimum absolute atomic E-state index is 0.136. The summed E-state index contributed by atoms with van der Waals surface area (Å²) in [4.78, 5) is 36.2. The molecular weight excluding hydrogens is 406 g/mol. The van der Waals surface area contributed by atoms with Crippen LogP contribution in [0.5, 0.6) is 11.6 Å². The molecule has 0 radical (unpaired) electrons. The van der Waals surface area contributed by atoms with Gasteiger partial charge in [0, 0.05) is 25.9 Å². The van der Waals surface area contributed by atoms with Crippen molar-refractivity contribution >= 4 is 29.3 Å². The van der Waals surface area contributed by atoms with Gasteiger partial charge in [0.15, 0.2) is 0 Å².